The van der Waals surface area contributed by atoms with Crippen molar-refractivity contribution in [3.8, 4) is 0 Å². The highest BCUT2D eigenvalue weighted by Gasteiger charge is 2.41. The lowest BCUT2D eigenvalue weighted by Crippen LogP contribution is -2.40. The molecule has 0 aliphatic heterocycles. The summed E-state index contributed by atoms with van der Waals surface area (Å²) in [5, 5.41) is 9.29. The first kappa shape index (κ1) is 12.7. The van der Waals surface area contributed by atoms with E-state index in [1.807, 2.05) is 0 Å². The van der Waals surface area contributed by atoms with Gasteiger partial charge in [0.05, 0.1) is 6.10 Å². The Kier molecular flexibility index (Phi) is 3.93. The number of hydrogen-bond acceptors (Lipinski definition) is 2. The van der Waals surface area contributed by atoms with Crippen molar-refractivity contribution in [3.63, 3.8) is 0 Å². The second kappa shape index (κ2) is 4.65. The van der Waals surface area contributed by atoms with Crippen LogP contribution in [0.2, 0.25) is 0 Å². The Morgan fingerprint density at radius 1 is 1.53 bits per heavy atom. The number of ketones is 1. The SMILES string of the molecule is CC(O)CC(=O)C1C(C)CCCC1(C)C. The molecule has 2 nitrogen and oxygen atoms in total. The van der Waals surface area contributed by atoms with Gasteiger partial charge in [-0.05, 0) is 31.1 Å². The van der Waals surface area contributed by atoms with Gasteiger partial charge in [0.25, 0.3) is 0 Å². The fraction of sp³-hybridized carbons (Fsp3) is 0.923. The molecule has 3 atom stereocenters. The summed E-state index contributed by atoms with van der Waals surface area (Å²) < 4.78 is 0. The van der Waals surface area contributed by atoms with E-state index in [-0.39, 0.29) is 17.1 Å². The smallest absolute Gasteiger partial charge is 0.139 e. The average molecular weight is 212 g/mol. The molecule has 0 amide bonds. The van der Waals surface area contributed by atoms with E-state index in [2.05, 4.69) is 20.8 Å². The fourth-order valence-electron chi connectivity index (χ4n) is 3.14. The quantitative estimate of drug-likeness (QED) is 0.781. The van der Waals surface area contributed by atoms with Gasteiger partial charge in [0.2, 0.25) is 0 Å². The van der Waals surface area contributed by atoms with Crippen molar-refractivity contribution in [3.05, 3.63) is 0 Å². The Labute approximate surface area is 93.1 Å². The molecule has 1 fully saturated rings. The molecule has 1 rings (SSSR count). The Hall–Kier alpha value is -0.370. The molecule has 0 heterocycles. The predicted molar refractivity (Wildman–Crippen MR) is 61.6 cm³/mol. The number of carbonyl (C=O) groups is 1. The number of Topliss-reactive ketones (excluding diaryl/α,β-unsaturated/α-hetero) is 1. The van der Waals surface area contributed by atoms with Crippen molar-refractivity contribution < 1.29 is 9.90 Å². The molecule has 15 heavy (non-hydrogen) atoms. The zero-order chi connectivity index (χ0) is 11.6. The molecule has 1 aliphatic rings. The van der Waals surface area contributed by atoms with Crippen LogP contribution in [0, 0.1) is 17.3 Å². The highest BCUT2D eigenvalue weighted by atomic mass is 16.3. The van der Waals surface area contributed by atoms with Crippen LogP contribution < -0.4 is 0 Å². The summed E-state index contributed by atoms with van der Waals surface area (Å²) in [6.07, 6.45) is 3.33. The molecule has 1 saturated carbocycles. The molecule has 0 aromatic carbocycles. The highest BCUT2D eigenvalue weighted by molar-refractivity contribution is 5.82. The molecule has 0 spiro atoms. The standard InChI is InChI=1S/C13H24O2/c1-9-6-5-7-13(3,4)12(9)11(15)8-10(2)14/h9-10,12,14H,5-8H2,1-4H3. The second-order valence-electron chi connectivity index (χ2n) is 5.86. The Bertz CT molecular complexity index is 231. The van der Waals surface area contributed by atoms with E-state index in [0.29, 0.717) is 12.3 Å². The van der Waals surface area contributed by atoms with Gasteiger partial charge in [0.15, 0.2) is 0 Å². The summed E-state index contributed by atoms with van der Waals surface area (Å²) in [5.74, 6) is 0.864. The zero-order valence-electron chi connectivity index (χ0n) is 10.4. The third-order valence-corrected chi connectivity index (χ3v) is 3.74. The van der Waals surface area contributed by atoms with Gasteiger partial charge in [-0.3, -0.25) is 4.79 Å². The average Bonchev–Trinajstić information content (AvgIpc) is 1.99. The molecule has 2 heteroatoms. The second-order valence-corrected chi connectivity index (χ2v) is 5.86. The number of carbonyl (C=O) groups excluding carboxylic acids is 1. The first-order chi connectivity index (χ1) is 6.84. The third-order valence-electron chi connectivity index (χ3n) is 3.74. The van der Waals surface area contributed by atoms with Crippen LogP contribution in [-0.4, -0.2) is 17.0 Å². The zero-order valence-corrected chi connectivity index (χ0v) is 10.4. The van der Waals surface area contributed by atoms with E-state index < -0.39 is 6.10 Å². The highest BCUT2D eigenvalue weighted by Crippen LogP contribution is 2.44. The summed E-state index contributed by atoms with van der Waals surface area (Å²) in [6.45, 7) is 8.24. The van der Waals surface area contributed by atoms with Crippen LogP contribution in [0.15, 0.2) is 0 Å². The maximum Gasteiger partial charge on any atom is 0.139 e. The molecule has 3 unspecified atom stereocenters. The summed E-state index contributed by atoms with van der Waals surface area (Å²) in [4.78, 5) is 12.1. The summed E-state index contributed by atoms with van der Waals surface area (Å²) in [5.41, 5.74) is 0.115. The summed E-state index contributed by atoms with van der Waals surface area (Å²) in [7, 11) is 0. The predicted octanol–water partition coefficient (Wildman–Crippen LogP) is 2.79. The van der Waals surface area contributed by atoms with E-state index in [1.165, 1.54) is 6.42 Å². The molecule has 0 aromatic rings. The van der Waals surface area contributed by atoms with Gasteiger partial charge in [0, 0.05) is 12.3 Å². The molecular formula is C13H24O2. The van der Waals surface area contributed by atoms with Crippen molar-refractivity contribution in [2.45, 2.75) is 59.5 Å². The van der Waals surface area contributed by atoms with Gasteiger partial charge < -0.3 is 5.11 Å². The summed E-state index contributed by atoms with van der Waals surface area (Å²) in [6, 6.07) is 0. The van der Waals surface area contributed by atoms with Crippen molar-refractivity contribution >= 4 is 5.78 Å². The van der Waals surface area contributed by atoms with E-state index in [9.17, 15) is 9.90 Å². The Morgan fingerprint density at radius 3 is 2.60 bits per heavy atom. The minimum atomic E-state index is -0.498. The molecule has 0 aromatic heterocycles. The van der Waals surface area contributed by atoms with Crippen LogP contribution in [0.5, 0.6) is 0 Å². The fourth-order valence-corrected chi connectivity index (χ4v) is 3.14. The molecule has 0 saturated heterocycles. The van der Waals surface area contributed by atoms with E-state index in [0.717, 1.165) is 12.8 Å². The van der Waals surface area contributed by atoms with Crippen molar-refractivity contribution in [2.24, 2.45) is 17.3 Å². The lowest BCUT2D eigenvalue weighted by molar-refractivity contribution is -0.132. The monoisotopic (exact) mass is 212 g/mol. The number of rotatable bonds is 3. The van der Waals surface area contributed by atoms with Crippen LogP contribution in [-0.2, 0) is 4.79 Å². The van der Waals surface area contributed by atoms with Gasteiger partial charge >= 0.3 is 0 Å². The summed E-state index contributed by atoms with van der Waals surface area (Å²) >= 11 is 0. The molecule has 0 radical (unpaired) electrons. The van der Waals surface area contributed by atoms with Gasteiger partial charge in [0.1, 0.15) is 5.78 Å². The minimum Gasteiger partial charge on any atom is -0.393 e. The molecule has 1 N–H and O–H groups in total. The molecular weight excluding hydrogens is 188 g/mol. The lowest BCUT2D eigenvalue weighted by atomic mass is 9.62. The van der Waals surface area contributed by atoms with Gasteiger partial charge in [-0.25, -0.2) is 0 Å². The molecule has 0 bridgehead atoms. The van der Waals surface area contributed by atoms with E-state index in [4.69, 9.17) is 0 Å². The van der Waals surface area contributed by atoms with E-state index in [1.54, 1.807) is 6.92 Å². The van der Waals surface area contributed by atoms with Crippen LogP contribution >= 0.6 is 0 Å². The van der Waals surface area contributed by atoms with Crippen LogP contribution in [0.4, 0.5) is 0 Å². The van der Waals surface area contributed by atoms with Gasteiger partial charge in [-0.2, -0.15) is 0 Å². The maximum atomic E-state index is 12.1. The van der Waals surface area contributed by atoms with Crippen molar-refractivity contribution in [1.82, 2.24) is 0 Å². The van der Waals surface area contributed by atoms with Gasteiger partial charge in [-0.1, -0.05) is 27.2 Å². The third kappa shape index (κ3) is 3.04. The van der Waals surface area contributed by atoms with Crippen LogP contribution in [0.1, 0.15) is 53.4 Å². The number of aliphatic hydroxyl groups excluding tert-OH is 1. The van der Waals surface area contributed by atoms with E-state index >= 15 is 0 Å². The number of aliphatic hydroxyl groups is 1. The molecule has 1 aliphatic carbocycles. The topological polar surface area (TPSA) is 37.3 Å². The lowest BCUT2D eigenvalue weighted by Gasteiger charge is -2.42. The largest absolute Gasteiger partial charge is 0.393 e. The Morgan fingerprint density at radius 2 is 2.13 bits per heavy atom. The molecule has 88 valence electrons. The number of hydrogen-bond donors (Lipinski definition) is 1. The van der Waals surface area contributed by atoms with Crippen LogP contribution in [0.3, 0.4) is 0 Å². The van der Waals surface area contributed by atoms with Crippen molar-refractivity contribution in [1.29, 1.82) is 0 Å². The van der Waals surface area contributed by atoms with Crippen LogP contribution in [0.25, 0.3) is 0 Å². The van der Waals surface area contributed by atoms with Crippen molar-refractivity contribution in [2.75, 3.05) is 0 Å². The Balaban J connectivity index is 2.74. The first-order valence-corrected chi connectivity index (χ1v) is 6.05. The first-order valence-electron chi connectivity index (χ1n) is 6.05. The maximum absolute atomic E-state index is 12.1. The normalized spacial score (nSPS) is 32.3. The minimum absolute atomic E-state index is 0.115. The van der Waals surface area contributed by atoms with Gasteiger partial charge in [-0.15, -0.1) is 0 Å².